The van der Waals surface area contributed by atoms with Gasteiger partial charge in [-0.05, 0) is 37.6 Å². The molecule has 1 N–H and O–H groups in total. The Kier molecular flexibility index (Phi) is 7.38. The molecule has 0 aliphatic heterocycles. The molecule has 3 aromatic rings. The molecular weight excluding hydrogens is 460 g/mol. The molecule has 33 heavy (non-hydrogen) atoms. The number of halogens is 2. The lowest BCUT2D eigenvalue weighted by molar-refractivity contribution is 0.0531. The summed E-state index contributed by atoms with van der Waals surface area (Å²) in [4.78, 5) is 37.3. The second-order valence-electron chi connectivity index (χ2n) is 6.52. The number of ether oxygens (including phenoxy) is 3. The zero-order valence-corrected chi connectivity index (χ0v) is 18.6. The van der Waals surface area contributed by atoms with Gasteiger partial charge in [-0.2, -0.15) is 5.10 Å². The first-order chi connectivity index (χ1) is 15.7. The molecule has 0 fully saturated rings. The first-order valence-electron chi connectivity index (χ1n) is 9.56. The van der Waals surface area contributed by atoms with E-state index in [1.807, 2.05) is 0 Å². The summed E-state index contributed by atoms with van der Waals surface area (Å²) >= 11 is 0.879. The Morgan fingerprint density at radius 1 is 1.18 bits per heavy atom. The summed E-state index contributed by atoms with van der Waals surface area (Å²) in [7, 11) is 1.18. The van der Waals surface area contributed by atoms with Gasteiger partial charge in [-0.1, -0.05) is 0 Å². The summed E-state index contributed by atoms with van der Waals surface area (Å²) in [5.41, 5.74) is 0.326. The number of aromatic nitrogens is 2. The minimum absolute atomic E-state index is 0.0299. The number of nitrogens with one attached hydrogen (secondary N) is 1. The number of methoxy groups -OCH3 is 1. The lowest BCUT2D eigenvalue weighted by Gasteiger charge is -2.07. The number of benzene rings is 1. The number of hydrogen-bond donors (Lipinski definition) is 1. The fourth-order valence-electron chi connectivity index (χ4n) is 2.79. The number of thiophene rings is 1. The van der Waals surface area contributed by atoms with Gasteiger partial charge in [0, 0.05) is 12.3 Å². The molecule has 0 aliphatic rings. The number of rotatable bonds is 8. The van der Waals surface area contributed by atoms with Gasteiger partial charge in [0.25, 0.3) is 5.91 Å². The van der Waals surface area contributed by atoms with Crippen molar-refractivity contribution in [3.63, 3.8) is 0 Å². The van der Waals surface area contributed by atoms with Crippen molar-refractivity contribution >= 4 is 34.2 Å². The van der Waals surface area contributed by atoms with E-state index in [1.165, 1.54) is 24.1 Å². The predicted octanol–water partition coefficient (Wildman–Crippen LogP) is 3.78. The van der Waals surface area contributed by atoms with Crippen LogP contribution in [0.3, 0.4) is 0 Å². The minimum Gasteiger partial charge on any atom is -0.468 e. The molecule has 2 heterocycles. The van der Waals surface area contributed by atoms with E-state index in [0.29, 0.717) is 11.6 Å². The van der Waals surface area contributed by atoms with Crippen molar-refractivity contribution in [1.29, 1.82) is 0 Å². The molecule has 0 atom stereocenters. The van der Waals surface area contributed by atoms with E-state index in [-0.39, 0.29) is 40.2 Å². The Balaban J connectivity index is 1.76. The Morgan fingerprint density at radius 3 is 2.61 bits per heavy atom. The van der Waals surface area contributed by atoms with Crippen molar-refractivity contribution in [3.8, 4) is 5.75 Å². The largest absolute Gasteiger partial charge is 0.468 e. The summed E-state index contributed by atoms with van der Waals surface area (Å²) in [5.74, 6) is -3.81. The molecule has 0 saturated heterocycles. The third-order valence-corrected chi connectivity index (χ3v) is 5.53. The highest BCUT2D eigenvalue weighted by molar-refractivity contribution is 7.18. The third-order valence-electron chi connectivity index (χ3n) is 4.34. The topological polar surface area (TPSA) is 109 Å². The van der Waals surface area contributed by atoms with Crippen molar-refractivity contribution < 1.29 is 37.4 Å². The molecule has 1 amide bonds. The van der Waals surface area contributed by atoms with Crippen LogP contribution in [0, 0.1) is 18.6 Å². The molecule has 12 heteroatoms. The average molecular weight is 479 g/mol. The van der Waals surface area contributed by atoms with Gasteiger partial charge in [-0.15, -0.1) is 11.3 Å². The summed E-state index contributed by atoms with van der Waals surface area (Å²) < 4.78 is 42.9. The lowest BCUT2D eigenvalue weighted by Crippen LogP contribution is -2.16. The summed E-state index contributed by atoms with van der Waals surface area (Å²) in [6.07, 6.45) is 1.42. The maximum atomic E-state index is 13.7. The van der Waals surface area contributed by atoms with Crippen LogP contribution in [0.25, 0.3) is 0 Å². The van der Waals surface area contributed by atoms with Crippen LogP contribution < -0.4 is 10.1 Å². The van der Waals surface area contributed by atoms with E-state index < -0.39 is 29.5 Å². The summed E-state index contributed by atoms with van der Waals surface area (Å²) in [6, 6.07) is 4.25. The first kappa shape index (κ1) is 23.9. The molecule has 0 unspecified atom stereocenters. The summed E-state index contributed by atoms with van der Waals surface area (Å²) in [6.45, 7) is 3.10. The standard InChI is InChI=1S/C21H19F2N3O6S/c1-4-31-21(29)17-11(2)16(20(28)30-3)19(33-17)24-18(27)14-7-8-26(25-14)10-32-15-6-5-12(22)9-13(15)23/h5-9H,4,10H2,1-3H3,(H,24,27). The van der Waals surface area contributed by atoms with Gasteiger partial charge in [0.15, 0.2) is 24.0 Å². The predicted molar refractivity (Wildman–Crippen MR) is 114 cm³/mol. The molecule has 1 aromatic carbocycles. The van der Waals surface area contributed by atoms with Crippen LogP contribution in [0.5, 0.6) is 5.75 Å². The van der Waals surface area contributed by atoms with Crippen LogP contribution in [0.1, 0.15) is 43.0 Å². The molecule has 3 rings (SSSR count). The molecule has 174 valence electrons. The van der Waals surface area contributed by atoms with E-state index in [1.54, 1.807) is 13.8 Å². The molecule has 0 aliphatic carbocycles. The fourth-order valence-corrected chi connectivity index (χ4v) is 3.87. The van der Waals surface area contributed by atoms with Crippen LogP contribution in [-0.2, 0) is 16.2 Å². The van der Waals surface area contributed by atoms with Crippen LogP contribution >= 0.6 is 11.3 Å². The maximum absolute atomic E-state index is 13.7. The van der Waals surface area contributed by atoms with E-state index in [9.17, 15) is 23.2 Å². The van der Waals surface area contributed by atoms with Gasteiger partial charge < -0.3 is 19.5 Å². The number of amides is 1. The molecule has 0 spiro atoms. The van der Waals surface area contributed by atoms with Crippen LogP contribution in [0.2, 0.25) is 0 Å². The van der Waals surface area contributed by atoms with Crippen molar-refractivity contribution in [1.82, 2.24) is 9.78 Å². The molecular formula is C21H19F2N3O6S. The third kappa shape index (κ3) is 5.34. The number of carbonyl (C=O) groups is 3. The number of carbonyl (C=O) groups excluding carboxylic acids is 3. The molecule has 0 saturated carbocycles. The van der Waals surface area contributed by atoms with Crippen molar-refractivity contribution in [2.24, 2.45) is 0 Å². The Morgan fingerprint density at radius 2 is 1.94 bits per heavy atom. The Labute approximate surface area is 190 Å². The second kappa shape index (κ2) is 10.2. The average Bonchev–Trinajstić information content (AvgIpc) is 3.37. The zero-order chi connectivity index (χ0) is 24.1. The smallest absolute Gasteiger partial charge is 0.348 e. The summed E-state index contributed by atoms with van der Waals surface area (Å²) in [5, 5.41) is 6.70. The lowest BCUT2D eigenvalue weighted by atomic mass is 10.1. The number of hydrogen-bond acceptors (Lipinski definition) is 8. The van der Waals surface area contributed by atoms with Gasteiger partial charge in [0.05, 0.1) is 19.3 Å². The highest BCUT2D eigenvalue weighted by Gasteiger charge is 2.27. The van der Waals surface area contributed by atoms with Gasteiger partial charge in [-0.25, -0.2) is 23.1 Å². The minimum atomic E-state index is -0.874. The van der Waals surface area contributed by atoms with Gasteiger partial charge in [0.2, 0.25) is 0 Å². The van der Waals surface area contributed by atoms with E-state index in [4.69, 9.17) is 14.2 Å². The van der Waals surface area contributed by atoms with E-state index >= 15 is 0 Å². The SMILES string of the molecule is CCOC(=O)c1sc(NC(=O)c2ccn(COc3ccc(F)cc3F)n2)c(C(=O)OC)c1C. The first-order valence-corrected chi connectivity index (χ1v) is 10.4. The second-order valence-corrected chi connectivity index (χ2v) is 7.54. The number of nitrogens with zero attached hydrogens (tertiary/aromatic N) is 2. The monoisotopic (exact) mass is 479 g/mol. The quantitative estimate of drug-likeness (QED) is 0.490. The number of anilines is 1. The normalized spacial score (nSPS) is 10.6. The Hall–Kier alpha value is -3.80. The fraction of sp³-hybridized carbons (Fsp3) is 0.238. The van der Waals surface area contributed by atoms with Crippen molar-refractivity contribution in [3.05, 3.63) is 63.8 Å². The molecule has 0 radical (unpaired) electrons. The van der Waals surface area contributed by atoms with Crippen LogP contribution in [0.4, 0.5) is 13.8 Å². The van der Waals surface area contributed by atoms with Gasteiger partial charge >= 0.3 is 11.9 Å². The number of esters is 2. The van der Waals surface area contributed by atoms with E-state index in [0.717, 1.165) is 23.5 Å². The Bertz CT molecular complexity index is 1210. The highest BCUT2D eigenvalue weighted by atomic mass is 32.1. The van der Waals surface area contributed by atoms with Crippen LogP contribution in [-0.4, -0.2) is 41.3 Å². The van der Waals surface area contributed by atoms with Crippen molar-refractivity contribution in [2.45, 2.75) is 20.6 Å². The molecule has 2 aromatic heterocycles. The molecule has 0 bridgehead atoms. The van der Waals surface area contributed by atoms with Gasteiger partial charge in [-0.3, -0.25) is 4.79 Å². The highest BCUT2D eigenvalue weighted by Crippen LogP contribution is 2.34. The maximum Gasteiger partial charge on any atom is 0.348 e. The van der Waals surface area contributed by atoms with E-state index in [2.05, 4.69) is 10.4 Å². The van der Waals surface area contributed by atoms with Gasteiger partial charge in [0.1, 0.15) is 15.7 Å². The zero-order valence-electron chi connectivity index (χ0n) is 17.8. The molecule has 9 nitrogen and oxygen atoms in total. The van der Waals surface area contributed by atoms with Crippen molar-refractivity contribution in [2.75, 3.05) is 19.0 Å². The van der Waals surface area contributed by atoms with Crippen LogP contribution in [0.15, 0.2) is 30.5 Å².